The average molecular weight is 484 g/mol. The second-order valence-corrected chi connectivity index (χ2v) is 8.80. The van der Waals surface area contributed by atoms with E-state index in [1.54, 1.807) is 36.4 Å². The van der Waals surface area contributed by atoms with Gasteiger partial charge in [-0.3, -0.25) is 25.2 Å². The van der Waals surface area contributed by atoms with E-state index in [-0.39, 0.29) is 17.1 Å². The third kappa shape index (κ3) is 6.48. The van der Waals surface area contributed by atoms with Crippen LogP contribution in [-0.2, 0) is 21.2 Å². The highest BCUT2D eigenvalue weighted by atomic mass is 32.2. The van der Waals surface area contributed by atoms with Gasteiger partial charge in [0.05, 0.1) is 12.0 Å². The number of hydrazine groups is 1. The van der Waals surface area contributed by atoms with E-state index in [1.165, 1.54) is 31.4 Å². The molecule has 9 nitrogen and oxygen atoms in total. The lowest BCUT2D eigenvalue weighted by atomic mass is 10.1. The van der Waals surface area contributed by atoms with Gasteiger partial charge in [0.15, 0.2) is 6.61 Å². The van der Waals surface area contributed by atoms with Crippen LogP contribution >= 0.6 is 0 Å². The van der Waals surface area contributed by atoms with E-state index in [1.807, 2.05) is 19.1 Å². The number of rotatable bonds is 9. The van der Waals surface area contributed by atoms with Crippen LogP contribution in [0.1, 0.15) is 22.8 Å². The van der Waals surface area contributed by atoms with Crippen LogP contribution in [0.5, 0.6) is 11.5 Å². The number of carbonyl (C=O) groups excluding carboxylic acids is 2. The first kappa shape index (κ1) is 24.6. The number of nitrogens with one attached hydrogen (secondary N) is 3. The first-order valence-electron chi connectivity index (χ1n) is 10.4. The van der Waals surface area contributed by atoms with Crippen molar-refractivity contribution in [3.8, 4) is 11.5 Å². The highest BCUT2D eigenvalue weighted by Crippen LogP contribution is 2.20. The van der Waals surface area contributed by atoms with Crippen LogP contribution in [0.15, 0.2) is 77.7 Å². The van der Waals surface area contributed by atoms with Crippen molar-refractivity contribution in [1.29, 1.82) is 0 Å². The van der Waals surface area contributed by atoms with Crippen LogP contribution < -0.4 is 25.0 Å². The van der Waals surface area contributed by atoms with E-state index < -0.39 is 21.8 Å². The second-order valence-electron chi connectivity index (χ2n) is 7.11. The van der Waals surface area contributed by atoms with Crippen LogP contribution in [0.2, 0.25) is 0 Å². The van der Waals surface area contributed by atoms with Crippen LogP contribution in [0.4, 0.5) is 5.69 Å². The third-order valence-corrected chi connectivity index (χ3v) is 6.16. The molecule has 3 N–H and O–H groups in total. The molecule has 3 aromatic rings. The van der Waals surface area contributed by atoms with Crippen molar-refractivity contribution < 1.29 is 27.5 Å². The van der Waals surface area contributed by atoms with Crippen molar-refractivity contribution in [2.24, 2.45) is 0 Å². The molecule has 0 radical (unpaired) electrons. The molecule has 0 aromatic heterocycles. The van der Waals surface area contributed by atoms with E-state index in [4.69, 9.17) is 9.47 Å². The lowest BCUT2D eigenvalue weighted by molar-refractivity contribution is -0.123. The Labute approximate surface area is 198 Å². The van der Waals surface area contributed by atoms with Gasteiger partial charge in [0, 0.05) is 11.3 Å². The van der Waals surface area contributed by atoms with Crippen molar-refractivity contribution >= 4 is 27.5 Å². The van der Waals surface area contributed by atoms with Gasteiger partial charge in [0.1, 0.15) is 11.5 Å². The fourth-order valence-electron chi connectivity index (χ4n) is 2.99. The lowest BCUT2D eigenvalue weighted by Gasteiger charge is -2.12. The molecule has 0 spiro atoms. The van der Waals surface area contributed by atoms with Gasteiger partial charge in [0.25, 0.3) is 21.8 Å². The molecule has 0 saturated heterocycles. The molecular formula is C24H25N3O6S. The summed E-state index contributed by atoms with van der Waals surface area (Å²) in [5, 5.41) is 0. The third-order valence-electron chi connectivity index (χ3n) is 4.78. The minimum atomic E-state index is -3.94. The van der Waals surface area contributed by atoms with Crippen LogP contribution in [0, 0.1) is 0 Å². The number of methoxy groups -OCH3 is 1. The molecule has 2 amide bonds. The Balaban J connectivity index is 1.58. The molecule has 0 fully saturated rings. The van der Waals surface area contributed by atoms with Gasteiger partial charge in [-0.1, -0.05) is 31.2 Å². The predicted molar refractivity (Wildman–Crippen MR) is 127 cm³/mol. The number of anilines is 1. The number of aryl methyl sites for hydroxylation is 1. The van der Waals surface area contributed by atoms with Gasteiger partial charge in [-0.25, -0.2) is 8.42 Å². The average Bonchev–Trinajstić information content (AvgIpc) is 2.86. The van der Waals surface area contributed by atoms with E-state index in [0.29, 0.717) is 17.2 Å². The first-order valence-corrected chi connectivity index (χ1v) is 11.9. The van der Waals surface area contributed by atoms with Crippen molar-refractivity contribution in [3.63, 3.8) is 0 Å². The minimum absolute atomic E-state index is 0.0511. The maximum absolute atomic E-state index is 12.7. The molecule has 0 atom stereocenters. The van der Waals surface area contributed by atoms with Crippen molar-refractivity contribution in [1.82, 2.24) is 10.9 Å². The smallest absolute Gasteiger partial charge is 0.276 e. The Morgan fingerprint density at radius 3 is 2.35 bits per heavy atom. The van der Waals surface area contributed by atoms with Gasteiger partial charge in [-0.15, -0.1) is 0 Å². The molecule has 178 valence electrons. The molecule has 34 heavy (non-hydrogen) atoms. The number of hydrogen-bond donors (Lipinski definition) is 3. The summed E-state index contributed by atoms with van der Waals surface area (Å²) in [6, 6.07) is 19.1. The molecule has 0 aliphatic carbocycles. The molecule has 0 unspecified atom stereocenters. The van der Waals surface area contributed by atoms with E-state index in [0.717, 1.165) is 12.0 Å². The summed E-state index contributed by atoms with van der Waals surface area (Å²) < 4.78 is 38.4. The molecule has 0 aliphatic rings. The van der Waals surface area contributed by atoms with Crippen molar-refractivity contribution in [2.75, 3.05) is 18.4 Å². The Morgan fingerprint density at radius 2 is 1.65 bits per heavy atom. The molecule has 0 saturated carbocycles. The predicted octanol–water partition coefficient (Wildman–Crippen LogP) is 2.90. The quantitative estimate of drug-likeness (QED) is 0.402. The van der Waals surface area contributed by atoms with E-state index in [2.05, 4.69) is 15.6 Å². The van der Waals surface area contributed by atoms with Gasteiger partial charge in [0.2, 0.25) is 0 Å². The van der Waals surface area contributed by atoms with Crippen LogP contribution in [-0.4, -0.2) is 33.9 Å². The van der Waals surface area contributed by atoms with Gasteiger partial charge in [-0.05, 0) is 60.5 Å². The molecule has 3 aromatic carbocycles. The summed E-state index contributed by atoms with van der Waals surface area (Å²) in [5.41, 5.74) is 5.86. The standard InChI is InChI=1S/C24H25N3O6S/c1-3-17-7-4-5-10-22(17)33-16-23(28)25-26-24(29)18-8-6-9-21(15-18)34(30,31)27-19-11-13-20(32-2)14-12-19/h4-15,27H,3,16H2,1-2H3,(H,25,28)(H,26,29). The summed E-state index contributed by atoms with van der Waals surface area (Å²) in [6.45, 7) is 1.68. The second kappa shape index (κ2) is 11.2. The first-order chi connectivity index (χ1) is 16.3. The number of amides is 2. The molecule has 0 aliphatic heterocycles. The maximum Gasteiger partial charge on any atom is 0.276 e. The van der Waals surface area contributed by atoms with Crippen molar-refractivity contribution in [3.05, 3.63) is 83.9 Å². The number of benzene rings is 3. The van der Waals surface area contributed by atoms with E-state index in [9.17, 15) is 18.0 Å². The zero-order chi connectivity index (χ0) is 24.6. The SMILES string of the molecule is CCc1ccccc1OCC(=O)NNC(=O)c1cccc(S(=O)(=O)Nc2ccc(OC)cc2)c1. The summed E-state index contributed by atoms with van der Waals surface area (Å²) in [7, 11) is -2.43. The number of carbonyl (C=O) groups is 2. The number of hydrogen-bond acceptors (Lipinski definition) is 6. The fourth-order valence-corrected chi connectivity index (χ4v) is 4.10. The molecule has 3 rings (SSSR count). The topological polar surface area (TPSA) is 123 Å². The molecule has 0 bridgehead atoms. The number of ether oxygens (including phenoxy) is 2. The molecule has 10 heteroatoms. The monoisotopic (exact) mass is 483 g/mol. The number of para-hydroxylation sites is 1. The van der Waals surface area contributed by atoms with Gasteiger partial charge in [-0.2, -0.15) is 0 Å². The number of sulfonamides is 1. The maximum atomic E-state index is 12.7. The Bertz CT molecular complexity index is 1260. The van der Waals surface area contributed by atoms with E-state index >= 15 is 0 Å². The highest BCUT2D eigenvalue weighted by Gasteiger charge is 2.17. The van der Waals surface area contributed by atoms with Crippen LogP contribution in [0.3, 0.4) is 0 Å². The zero-order valence-corrected chi connectivity index (χ0v) is 19.5. The van der Waals surface area contributed by atoms with Gasteiger partial charge >= 0.3 is 0 Å². The Kier molecular flexibility index (Phi) is 8.10. The molecule has 0 heterocycles. The fraction of sp³-hybridized carbons (Fsp3) is 0.167. The van der Waals surface area contributed by atoms with Crippen LogP contribution in [0.25, 0.3) is 0 Å². The zero-order valence-electron chi connectivity index (χ0n) is 18.7. The summed E-state index contributed by atoms with van der Waals surface area (Å²) in [6.07, 6.45) is 0.751. The summed E-state index contributed by atoms with van der Waals surface area (Å²) in [4.78, 5) is 24.4. The lowest BCUT2D eigenvalue weighted by Crippen LogP contribution is -2.43. The van der Waals surface area contributed by atoms with Gasteiger partial charge < -0.3 is 9.47 Å². The minimum Gasteiger partial charge on any atom is -0.497 e. The summed E-state index contributed by atoms with van der Waals surface area (Å²) >= 11 is 0. The largest absolute Gasteiger partial charge is 0.497 e. The Morgan fingerprint density at radius 1 is 0.912 bits per heavy atom. The molecular weight excluding hydrogens is 458 g/mol. The Hall–Kier alpha value is -4.05. The van der Waals surface area contributed by atoms with Crippen molar-refractivity contribution in [2.45, 2.75) is 18.2 Å². The highest BCUT2D eigenvalue weighted by molar-refractivity contribution is 7.92. The normalized spacial score (nSPS) is 10.8. The summed E-state index contributed by atoms with van der Waals surface area (Å²) in [5.74, 6) is -0.0645.